The van der Waals surface area contributed by atoms with Gasteiger partial charge in [0.25, 0.3) is 0 Å². The molecule has 31 heavy (non-hydrogen) atoms. The first kappa shape index (κ1) is 20.7. The van der Waals surface area contributed by atoms with Crippen molar-refractivity contribution in [2.45, 2.75) is 33.6 Å². The normalized spacial score (nSPS) is 11.7. The average molecular weight is 422 g/mol. The smallest absolute Gasteiger partial charge is 0.343 e. The van der Waals surface area contributed by atoms with Crippen molar-refractivity contribution >= 4 is 21.9 Å². The van der Waals surface area contributed by atoms with Gasteiger partial charge in [-0.15, -0.1) is 0 Å². The molecule has 0 aliphatic carbocycles. The minimum Gasteiger partial charge on any atom is -0.507 e. The Morgan fingerprint density at radius 3 is 1.42 bits per heavy atom. The van der Waals surface area contributed by atoms with Gasteiger partial charge in [-0.05, 0) is 74.2 Å². The van der Waals surface area contributed by atoms with Gasteiger partial charge in [-0.3, -0.25) is 0 Å². The molecular weight excluding hydrogens is 400 g/mol. The Bertz CT molecular complexity index is 1360. The van der Waals surface area contributed by atoms with Crippen molar-refractivity contribution in [1.82, 2.24) is 0 Å². The number of fused-ring (bicyclic) bond motifs is 2. The largest absolute Gasteiger partial charge is 0.507 e. The van der Waals surface area contributed by atoms with E-state index in [4.69, 9.17) is 8.83 Å². The van der Waals surface area contributed by atoms with E-state index in [1.54, 1.807) is 24.3 Å². The molecule has 0 spiro atoms. The van der Waals surface area contributed by atoms with Crippen LogP contribution in [0.25, 0.3) is 21.9 Å². The fourth-order valence-electron chi connectivity index (χ4n) is 3.85. The van der Waals surface area contributed by atoms with Gasteiger partial charge in [-0.1, -0.05) is 0 Å². The molecule has 0 unspecified atom stereocenters. The SMILES string of the molecule is Cc1cc2oc(=O)c(C(CO)c3c(O)c4cc(C)c(C)cc4oc3=O)c(O)c2cc1C. The first-order chi connectivity index (χ1) is 14.6. The summed E-state index contributed by atoms with van der Waals surface area (Å²) in [6, 6.07) is 6.60. The molecule has 0 saturated heterocycles. The maximum atomic E-state index is 12.8. The quantitative estimate of drug-likeness (QED) is 0.431. The van der Waals surface area contributed by atoms with Gasteiger partial charge < -0.3 is 24.2 Å². The van der Waals surface area contributed by atoms with E-state index in [9.17, 15) is 24.9 Å². The lowest BCUT2D eigenvalue weighted by molar-refractivity contribution is 0.270. The number of aryl methyl sites for hydroxylation is 4. The topological polar surface area (TPSA) is 121 Å². The van der Waals surface area contributed by atoms with Crippen molar-refractivity contribution in [3.8, 4) is 11.5 Å². The number of aliphatic hydroxyl groups is 1. The van der Waals surface area contributed by atoms with E-state index in [-0.39, 0.29) is 33.1 Å². The summed E-state index contributed by atoms with van der Waals surface area (Å²) in [5.41, 5.74) is 1.40. The average Bonchev–Trinajstić information content (AvgIpc) is 2.70. The van der Waals surface area contributed by atoms with Gasteiger partial charge in [-0.25, -0.2) is 9.59 Å². The number of hydrogen-bond acceptors (Lipinski definition) is 7. The summed E-state index contributed by atoms with van der Waals surface area (Å²) in [7, 11) is 0. The lowest BCUT2D eigenvalue weighted by Gasteiger charge is -2.17. The van der Waals surface area contributed by atoms with Gasteiger partial charge in [0.2, 0.25) is 0 Å². The number of aliphatic hydroxyl groups excluding tert-OH is 1. The predicted octanol–water partition coefficient (Wildman–Crippen LogP) is 3.67. The Hall–Kier alpha value is -3.58. The molecular formula is C24H22O7. The van der Waals surface area contributed by atoms with Gasteiger partial charge in [0.15, 0.2) is 0 Å². The van der Waals surface area contributed by atoms with Crippen molar-refractivity contribution in [1.29, 1.82) is 0 Å². The summed E-state index contributed by atoms with van der Waals surface area (Å²) in [4.78, 5) is 25.5. The number of hydrogen-bond donors (Lipinski definition) is 3. The Morgan fingerprint density at radius 2 is 1.06 bits per heavy atom. The first-order valence-electron chi connectivity index (χ1n) is 9.78. The van der Waals surface area contributed by atoms with Crippen LogP contribution in [0.5, 0.6) is 11.5 Å². The van der Waals surface area contributed by atoms with E-state index in [2.05, 4.69) is 0 Å². The lowest BCUT2D eigenvalue weighted by atomic mass is 9.90. The van der Waals surface area contributed by atoms with E-state index in [1.165, 1.54) is 0 Å². The van der Waals surface area contributed by atoms with Crippen molar-refractivity contribution in [3.05, 3.63) is 78.5 Å². The number of benzene rings is 2. The predicted molar refractivity (Wildman–Crippen MR) is 116 cm³/mol. The van der Waals surface area contributed by atoms with Crippen LogP contribution in [-0.2, 0) is 0 Å². The molecule has 2 heterocycles. The molecule has 4 rings (SSSR count). The van der Waals surface area contributed by atoms with Crippen LogP contribution in [0.15, 0.2) is 42.7 Å². The third-order valence-electron chi connectivity index (χ3n) is 5.94. The Balaban J connectivity index is 2.04. The van der Waals surface area contributed by atoms with Crippen LogP contribution in [-0.4, -0.2) is 21.9 Å². The molecule has 160 valence electrons. The van der Waals surface area contributed by atoms with Gasteiger partial charge in [0.05, 0.1) is 34.4 Å². The zero-order valence-electron chi connectivity index (χ0n) is 17.6. The molecule has 7 heteroatoms. The molecule has 0 bridgehead atoms. The van der Waals surface area contributed by atoms with E-state index in [0.717, 1.165) is 22.3 Å². The molecule has 0 saturated carbocycles. The van der Waals surface area contributed by atoms with Crippen LogP contribution < -0.4 is 11.3 Å². The van der Waals surface area contributed by atoms with E-state index >= 15 is 0 Å². The zero-order chi connectivity index (χ0) is 22.6. The summed E-state index contributed by atoms with van der Waals surface area (Å²) >= 11 is 0. The summed E-state index contributed by atoms with van der Waals surface area (Å²) < 4.78 is 10.7. The summed E-state index contributed by atoms with van der Waals surface area (Å²) in [5.74, 6) is -2.16. The molecule has 4 aromatic rings. The van der Waals surface area contributed by atoms with Gasteiger partial charge >= 0.3 is 11.3 Å². The Morgan fingerprint density at radius 1 is 0.710 bits per heavy atom. The van der Waals surface area contributed by atoms with Crippen LogP contribution in [0, 0.1) is 27.7 Å². The minimum atomic E-state index is -1.34. The highest BCUT2D eigenvalue weighted by molar-refractivity contribution is 5.88. The van der Waals surface area contributed by atoms with Crippen LogP contribution in [0.4, 0.5) is 0 Å². The monoisotopic (exact) mass is 422 g/mol. The second kappa shape index (κ2) is 7.28. The third-order valence-corrected chi connectivity index (χ3v) is 5.94. The molecule has 2 aromatic heterocycles. The maximum absolute atomic E-state index is 12.8. The molecule has 0 aliphatic heterocycles. The van der Waals surface area contributed by atoms with Crippen molar-refractivity contribution in [3.63, 3.8) is 0 Å². The highest BCUT2D eigenvalue weighted by Gasteiger charge is 2.30. The van der Waals surface area contributed by atoms with Crippen molar-refractivity contribution in [2.24, 2.45) is 0 Å². The highest BCUT2D eigenvalue weighted by atomic mass is 16.4. The van der Waals surface area contributed by atoms with Gasteiger partial charge in [0, 0.05) is 0 Å². The van der Waals surface area contributed by atoms with Crippen LogP contribution in [0.1, 0.15) is 39.3 Å². The molecule has 0 radical (unpaired) electrons. The summed E-state index contributed by atoms with van der Waals surface area (Å²) in [6.07, 6.45) is 0. The van der Waals surface area contributed by atoms with E-state index < -0.39 is 35.3 Å². The summed E-state index contributed by atoms with van der Waals surface area (Å²) in [6.45, 7) is 6.65. The maximum Gasteiger partial charge on any atom is 0.343 e. The van der Waals surface area contributed by atoms with Crippen LogP contribution in [0.3, 0.4) is 0 Å². The molecule has 7 nitrogen and oxygen atoms in total. The van der Waals surface area contributed by atoms with Crippen molar-refractivity contribution in [2.75, 3.05) is 6.61 Å². The van der Waals surface area contributed by atoms with E-state index in [0.29, 0.717) is 0 Å². The lowest BCUT2D eigenvalue weighted by Crippen LogP contribution is -2.22. The fourth-order valence-corrected chi connectivity index (χ4v) is 3.85. The molecule has 0 fully saturated rings. The summed E-state index contributed by atoms with van der Waals surface area (Å²) in [5, 5.41) is 32.4. The molecule has 2 aromatic carbocycles. The van der Waals surface area contributed by atoms with Crippen LogP contribution >= 0.6 is 0 Å². The standard InChI is InChI=1S/C24H22O7/c1-10-5-14-17(7-12(10)3)30-23(28)19(21(14)26)16(9-25)20-22(27)15-6-11(2)13(4)8-18(15)31-24(20)29/h5-8,16,25-27H,9H2,1-4H3. The second-order valence-electron chi connectivity index (χ2n) is 7.90. The fraction of sp³-hybridized carbons (Fsp3) is 0.250. The zero-order valence-corrected chi connectivity index (χ0v) is 17.6. The van der Waals surface area contributed by atoms with Crippen molar-refractivity contribution < 1.29 is 24.2 Å². The van der Waals surface area contributed by atoms with Gasteiger partial charge in [0.1, 0.15) is 22.7 Å². The molecule has 0 atom stereocenters. The highest BCUT2D eigenvalue weighted by Crippen LogP contribution is 2.39. The second-order valence-corrected chi connectivity index (χ2v) is 7.90. The van der Waals surface area contributed by atoms with Gasteiger partial charge in [-0.2, -0.15) is 0 Å². The molecule has 3 N–H and O–H groups in total. The van der Waals surface area contributed by atoms with Crippen LogP contribution in [0.2, 0.25) is 0 Å². The number of aromatic hydroxyl groups is 2. The number of rotatable bonds is 3. The van der Waals surface area contributed by atoms with E-state index in [1.807, 2.05) is 27.7 Å². The first-order valence-corrected chi connectivity index (χ1v) is 9.78. The third kappa shape index (κ3) is 3.18. The Labute approximate surface area is 176 Å². The minimum absolute atomic E-state index is 0.187. The molecule has 0 aliphatic rings. The molecule has 0 amide bonds. The Kier molecular flexibility index (Phi) is 4.86.